The number of hydrogen-bond acceptors (Lipinski definition) is 3. The summed E-state index contributed by atoms with van der Waals surface area (Å²) in [6.07, 6.45) is -16.3. The predicted octanol–water partition coefficient (Wildman–Crippen LogP) is 7.66. The van der Waals surface area contributed by atoms with Crippen molar-refractivity contribution in [3.63, 3.8) is 0 Å². The zero-order valence-electron chi connectivity index (χ0n) is 16.7. The van der Waals surface area contributed by atoms with E-state index in [-0.39, 0.29) is 17.0 Å². The first kappa shape index (κ1) is 25.1. The lowest BCUT2D eigenvalue weighted by Crippen LogP contribution is -2.34. The molecule has 34 heavy (non-hydrogen) atoms. The third-order valence-corrected chi connectivity index (χ3v) is 4.73. The van der Waals surface area contributed by atoms with Crippen LogP contribution in [0.15, 0.2) is 60.7 Å². The third kappa shape index (κ3) is 5.32. The van der Waals surface area contributed by atoms with Crippen LogP contribution in [0.25, 0.3) is 11.1 Å². The average Bonchev–Trinajstić information content (AvgIpc) is 2.68. The molecular formula is C22H14F9NO2. The quantitative estimate of drug-likeness (QED) is 0.289. The number of ether oxygens (including phenoxy) is 1. The van der Waals surface area contributed by atoms with Crippen molar-refractivity contribution in [2.45, 2.75) is 24.4 Å². The number of phenolic OH excluding ortho intramolecular Hbond substituents is 1. The van der Waals surface area contributed by atoms with E-state index in [4.69, 9.17) is 10.5 Å². The number of anilines is 1. The van der Waals surface area contributed by atoms with Gasteiger partial charge in [-0.1, -0.05) is 24.3 Å². The maximum atomic E-state index is 14.0. The SMILES string of the molecule is Nc1ccc(Oc2ccc(C(C(F)(F)F)C(F)(F)F)cc2)c(C(F)(F)F)c1-c1ccc(O)cc1. The van der Waals surface area contributed by atoms with Crippen LogP contribution < -0.4 is 10.5 Å². The molecule has 0 atom stereocenters. The highest BCUT2D eigenvalue weighted by molar-refractivity contribution is 5.82. The standard InChI is InChI=1S/C22H14F9NO2/c23-20(24,25)18-16(10-9-15(32)17(18)11-1-5-13(33)6-2-11)34-14-7-3-12(4-8-14)19(21(26,27)28)22(29,30)31/h1-10,19,33H,32H2. The van der Waals surface area contributed by atoms with Gasteiger partial charge in [0.05, 0.1) is 0 Å². The van der Waals surface area contributed by atoms with E-state index in [9.17, 15) is 44.6 Å². The van der Waals surface area contributed by atoms with E-state index in [1.54, 1.807) is 0 Å². The van der Waals surface area contributed by atoms with E-state index >= 15 is 0 Å². The summed E-state index contributed by atoms with van der Waals surface area (Å²) < 4.78 is 124. The van der Waals surface area contributed by atoms with E-state index in [1.807, 2.05) is 0 Å². The number of rotatable bonds is 4. The first-order chi connectivity index (χ1) is 15.6. The molecule has 0 fully saturated rings. The molecule has 0 aliphatic carbocycles. The van der Waals surface area contributed by atoms with E-state index in [1.165, 1.54) is 12.1 Å². The normalized spacial score (nSPS) is 12.8. The molecule has 3 aromatic rings. The Kier molecular flexibility index (Phi) is 6.38. The smallest absolute Gasteiger partial charge is 0.420 e. The topological polar surface area (TPSA) is 55.5 Å². The minimum Gasteiger partial charge on any atom is -0.508 e. The van der Waals surface area contributed by atoms with Crippen LogP contribution in [0.5, 0.6) is 17.2 Å². The van der Waals surface area contributed by atoms with Crippen molar-refractivity contribution in [1.82, 2.24) is 0 Å². The number of phenols is 1. The van der Waals surface area contributed by atoms with Crippen molar-refractivity contribution >= 4 is 5.69 Å². The van der Waals surface area contributed by atoms with Gasteiger partial charge in [-0.3, -0.25) is 0 Å². The number of nitrogen functional groups attached to an aromatic ring is 1. The second kappa shape index (κ2) is 8.65. The lowest BCUT2D eigenvalue weighted by molar-refractivity contribution is -0.253. The fourth-order valence-electron chi connectivity index (χ4n) is 3.32. The summed E-state index contributed by atoms with van der Waals surface area (Å²) in [5.41, 5.74) is 2.52. The van der Waals surface area contributed by atoms with Gasteiger partial charge in [0, 0.05) is 11.3 Å². The van der Waals surface area contributed by atoms with Gasteiger partial charge in [-0.2, -0.15) is 39.5 Å². The Morgan fingerprint density at radius 2 is 1.24 bits per heavy atom. The molecule has 3 rings (SSSR count). The molecule has 0 bridgehead atoms. The first-order valence-electron chi connectivity index (χ1n) is 9.29. The van der Waals surface area contributed by atoms with E-state index in [2.05, 4.69) is 0 Å². The van der Waals surface area contributed by atoms with Crippen LogP contribution in [0, 0.1) is 0 Å². The summed E-state index contributed by atoms with van der Waals surface area (Å²) >= 11 is 0. The van der Waals surface area contributed by atoms with Crippen LogP contribution in [0.4, 0.5) is 45.2 Å². The summed E-state index contributed by atoms with van der Waals surface area (Å²) in [6.45, 7) is 0. The summed E-state index contributed by atoms with van der Waals surface area (Å²) in [7, 11) is 0. The van der Waals surface area contributed by atoms with Gasteiger partial charge in [0.1, 0.15) is 22.8 Å². The Morgan fingerprint density at radius 3 is 1.71 bits per heavy atom. The predicted molar refractivity (Wildman–Crippen MR) is 104 cm³/mol. The second-order valence-corrected chi connectivity index (χ2v) is 7.13. The number of alkyl halides is 9. The highest BCUT2D eigenvalue weighted by Gasteiger charge is 2.57. The first-order valence-corrected chi connectivity index (χ1v) is 9.29. The van der Waals surface area contributed by atoms with Crippen molar-refractivity contribution in [2.24, 2.45) is 0 Å². The Bertz CT molecular complexity index is 1140. The molecule has 12 heteroatoms. The maximum absolute atomic E-state index is 14.0. The number of nitrogens with two attached hydrogens (primary N) is 1. The molecule has 3 N–H and O–H groups in total. The molecule has 0 aliphatic heterocycles. The van der Waals surface area contributed by atoms with Gasteiger partial charge in [-0.25, -0.2) is 0 Å². The lowest BCUT2D eigenvalue weighted by atomic mass is 9.96. The molecule has 0 heterocycles. The average molecular weight is 495 g/mol. The molecule has 3 nitrogen and oxygen atoms in total. The number of hydrogen-bond donors (Lipinski definition) is 2. The molecule has 0 spiro atoms. The maximum Gasteiger partial charge on any atom is 0.420 e. The van der Waals surface area contributed by atoms with Crippen molar-refractivity contribution in [3.8, 4) is 28.4 Å². The molecule has 3 aromatic carbocycles. The third-order valence-electron chi connectivity index (χ3n) is 4.73. The Labute approximate surface area is 186 Å². The number of benzene rings is 3. The Balaban J connectivity index is 2.05. The Morgan fingerprint density at radius 1 is 0.706 bits per heavy atom. The van der Waals surface area contributed by atoms with Crippen molar-refractivity contribution in [2.75, 3.05) is 5.73 Å². The monoisotopic (exact) mass is 495 g/mol. The van der Waals surface area contributed by atoms with E-state index < -0.39 is 52.6 Å². The van der Waals surface area contributed by atoms with Crippen LogP contribution >= 0.6 is 0 Å². The van der Waals surface area contributed by atoms with Crippen molar-refractivity contribution in [3.05, 3.63) is 71.8 Å². The van der Waals surface area contributed by atoms with Gasteiger partial charge in [0.2, 0.25) is 0 Å². The van der Waals surface area contributed by atoms with Gasteiger partial charge in [-0.05, 0) is 47.5 Å². The fraction of sp³-hybridized carbons (Fsp3) is 0.182. The summed E-state index contributed by atoms with van der Waals surface area (Å²) in [5.74, 6) is -5.18. The molecule has 0 saturated carbocycles. The molecule has 0 amide bonds. The molecule has 0 radical (unpaired) electrons. The summed E-state index contributed by atoms with van der Waals surface area (Å²) in [4.78, 5) is 0. The van der Waals surface area contributed by atoms with Gasteiger partial charge in [0.25, 0.3) is 0 Å². The van der Waals surface area contributed by atoms with Crippen LogP contribution in [0.2, 0.25) is 0 Å². The highest BCUT2D eigenvalue weighted by Crippen LogP contribution is 2.48. The van der Waals surface area contributed by atoms with E-state index in [0.29, 0.717) is 24.3 Å². The summed E-state index contributed by atoms with van der Waals surface area (Å²) in [5, 5.41) is 9.39. The molecule has 0 aliphatic rings. The second-order valence-electron chi connectivity index (χ2n) is 7.13. The van der Waals surface area contributed by atoms with Gasteiger partial charge >= 0.3 is 18.5 Å². The fourth-order valence-corrected chi connectivity index (χ4v) is 3.32. The largest absolute Gasteiger partial charge is 0.508 e. The highest BCUT2D eigenvalue weighted by atomic mass is 19.4. The molecule has 0 aromatic heterocycles. The van der Waals surface area contributed by atoms with Crippen molar-refractivity contribution < 1.29 is 49.4 Å². The molecule has 0 unspecified atom stereocenters. The molecule has 0 saturated heterocycles. The van der Waals surface area contributed by atoms with Gasteiger partial charge in [0.15, 0.2) is 5.92 Å². The van der Waals surface area contributed by atoms with Gasteiger partial charge in [-0.15, -0.1) is 0 Å². The Hall–Kier alpha value is -3.57. The number of aromatic hydroxyl groups is 1. The zero-order valence-corrected chi connectivity index (χ0v) is 16.7. The van der Waals surface area contributed by atoms with Crippen LogP contribution in [-0.4, -0.2) is 17.5 Å². The van der Waals surface area contributed by atoms with Crippen LogP contribution in [0.3, 0.4) is 0 Å². The summed E-state index contributed by atoms with van der Waals surface area (Å²) in [6, 6.07) is 8.99. The van der Waals surface area contributed by atoms with E-state index in [0.717, 1.165) is 24.3 Å². The number of halogens is 9. The minimum absolute atomic E-state index is 0.0124. The minimum atomic E-state index is -5.62. The van der Waals surface area contributed by atoms with Crippen molar-refractivity contribution in [1.29, 1.82) is 0 Å². The van der Waals surface area contributed by atoms with Crippen LogP contribution in [0.1, 0.15) is 17.0 Å². The lowest BCUT2D eigenvalue weighted by Gasteiger charge is -2.23. The van der Waals surface area contributed by atoms with Crippen LogP contribution in [-0.2, 0) is 6.18 Å². The molecular weight excluding hydrogens is 481 g/mol. The zero-order chi connectivity index (χ0) is 25.5. The van der Waals surface area contributed by atoms with Gasteiger partial charge < -0.3 is 15.6 Å². The molecule has 182 valence electrons.